The minimum Gasteiger partial charge on any atom is -0.339 e. The Kier molecular flexibility index (Phi) is 5.91. The van der Waals surface area contributed by atoms with Crippen molar-refractivity contribution in [2.45, 2.75) is 30.6 Å². The van der Waals surface area contributed by atoms with E-state index < -0.39 is 10.0 Å². The van der Waals surface area contributed by atoms with Crippen molar-refractivity contribution in [3.05, 3.63) is 83.5 Å². The van der Waals surface area contributed by atoms with Crippen LogP contribution in [0, 0.1) is 6.92 Å². The molecule has 5 rings (SSSR count). The van der Waals surface area contributed by atoms with Crippen LogP contribution >= 0.6 is 0 Å². The topological polar surface area (TPSA) is 150 Å². The van der Waals surface area contributed by atoms with Gasteiger partial charge in [0.1, 0.15) is 5.82 Å². The average molecular weight is 494 g/mol. The van der Waals surface area contributed by atoms with Gasteiger partial charge in [0.2, 0.25) is 21.7 Å². The molecule has 0 bridgehead atoms. The number of aryl methyl sites for hydroxylation is 1. The van der Waals surface area contributed by atoms with E-state index in [-0.39, 0.29) is 22.5 Å². The summed E-state index contributed by atoms with van der Waals surface area (Å²) < 4.78 is 30.1. The zero-order valence-corrected chi connectivity index (χ0v) is 19.7. The molecule has 0 radical (unpaired) electrons. The lowest BCUT2D eigenvalue weighted by atomic mass is 10.1. The fraction of sp³-hybridized carbons (Fsp3) is 0.261. The summed E-state index contributed by atoms with van der Waals surface area (Å²) in [4.78, 5) is 23.8. The number of primary sulfonamides is 1. The summed E-state index contributed by atoms with van der Waals surface area (Å²) in [6.45, 7) is 2.72. The predicted octanol–water partition coefficient (Wildman–Crippen LogP) is 1.83. The smallest absolute Gasteiger partial charge is 0.293 e. The number of nitrogens with zero attached hydrogens (tertiary/aromatic N) is 6. The number of rotatable bonds is 6. The van der Waals surface area contributed by atoms with Crippen molar-refractivity contribution in [1.82, 2.24) is 29.8 Å². The Labute approximate surface area is 201 Å². The maximum atomic E-state index is 13.3. The Morgan fingerprint density at radius 1 is 1.11 bits per heavy atom. The molecular formula is C23H23N7O4S. The molecule has 1 aliphatic rings. The lowest BCUT2D eigenvalue weighted by Gasteiger charge is -2.13. The fourth-order valence-corrected chi connectivity index (χ4v) is 4.59. The van der Waals surface area contributed by atoms with Gasteiger partial charge >= 0.3 is 0 Å². The second-order valence-electron chi connectivity index (χ2n) is 8.38. The fourth-order valence-electron chi connectivity index (χ4n) is 4.08. The van der Waals surface area contributed by atoms with E-state index in [2.05, 4.69) is 20.2 Å². The van der Waals surface area contributed by atoms with Crippen molar-refractivity contribution in [2.75, 3.05) is 13.1 Å². The van der Waals surface area contributed by atoms with E-state index in [4.69, 9.17) is 9.66 Å². The number of nitrogens with two attached hydrogens (primary N) is 1. The highest BCUT2D eigenvalue weighted by molar-refractivity contribution is 7.89. The van der Waals surface area contributed by atoms with Gasteiger partial charge in [-0.25, -0.2) is 23.2 Å². The number of carbonyl (C=O) groups is 1. The van der Waals surface area contributed by atoms with Gasteiger partial charge in [-0.15, -0.1) is 5.10 Å². The van der Waals surface area contributed by atoms with Gasteiger partial charge in [-0.2, -0.15) is 4.98 Å². The molecule has 1 fully saturated rings. The summed E-state index contributed by atoms with van der Waals surface area (Å²) in [5, 5.41) is 13.6. The molecule has 1 amide bonds. The highest BCUT2D eigenvalue weighted by Gasteiger charge is 2.33. The van der Waals surface area contributed by atoms with E-state index in [9.17, 15) is 13.2 Å². The molecular weight excluding hydrogens is 470 g/mol. The highest BCUT2D eigenvalue weighted by atomic mass is 32.2. The van der Waals surface area contributed by atoms with Crippen molar-refractivity contribution in [1.29, 1.82) is 0 Å². The number of sulfonamides is 1. The van der Waals surface area contributed by atoms with Gasteiger partial charge in [-0.05, 0) is 43.2 Å². The van der Waals surface area contributed by atoms with E-state index in [0.29, 0.717) is 49.2 Å². The largest absolute Gasteiger partial charge is 0.339 e. The molecule has 4 aromatic rings. The summed E-state index contributed by atoms with van der Waals surface area (Å²) in [6, 6.07) is 15.7. The average Bonchev–Trinajstić information content (AvgIpc) is 3.59. The molecule has 0 spiro atoms. The Balaban J connectivity index is 1.45. The van der Waals surface area contributed by atoms with Gasteiger partial charge in [0.15, 0.2) is 5.82 Å². The Morgan fingerprint density at radius 3 is 2.51 bits per heavy atom. The standard InChI is InChI=1S/C23H23N7O4S/c1-15-25-22(34-28-15)17-11-12-29(14-17)23(31)21-26-20(13-16-5-3-2-4-6-16)30(27-21)18-7-9-19(10-8-18)35(24,32)33/h2-10,17H,11-14H2,1H3,(H2,24,32,33). The third-order valence-electron chi connectivity index (χ3n) is 5.85. The number of amides is 1. The normalized spacial score (nSPS) is 16.1. The van der Waals surface area contributed by atoms with Crippen LogP contribution in [0.3, 0.4) is 0 Å². The summed E-state index contributed by atoms with van der Waals surface area (Å²) in [7, 11) is -3.83. The van der Waals surface area contributed by atoms with Gasteiger partial charge in [-0.3, -0.25) is 4.79 Å². The van der Waals surface area contributed by atoms with Crippen LogP contribution < -0.4 is 5.14 Å². The molecule has 3 heterocycles. The zero-order chi connectivity index (χ0) is 24.6. The monoisotopic (exact) mass is 493 g/mol. The molecule has 2 N–H and O–H groups in total. The van der Waals surface area contributed by atoms with E-state index in [0.717, 1.165) is 5.56 Å². The predicted molar refractivity (Wildman–Crippen MR) is 124 cm³/mol. The molecule has 1 aliphatic heterocycles. The summed E-state index contributed by atoms with van der Waals surface area (Å²) in [6.07, 6.45) is 1.14. The third-order valence-corrected chi connectivity index (χ3v) is 6.78. The molecule has 35 heavy (non-hydrogen) atoms. The van der Waals surface area contributed by atoms with Crippen LogP contribution in [-0.4, -0.2) is 57.2 Å². The molecule has 180 valence electrons. The summed E-state index contributed by atoms with van der Waals surface area (Å²) in [5.74, 6) is 1.37. The molecule has 12 heteroatoms. The molecule has 0 saturated carbocycles. The van der Waals surface area contributed by atoms with Crippen molar-refractivity contribution in [3.63, 3.8) is 0 Å². The maximum absolute atomic E-state index is 13.3. The van der Waals surface area contributed by atoms with Crippen LogP contribution in [-0.2, 0) is 16.4 Å². The van der Waals surface area contributed by atoms with Crippen molar-refractivity contribution in [2.24, 2.45) is 5.14 Å². The van der Waals surface area contributed by atoms with Gasteiger partial charge in [0, 0.05) is 19.5 Å². The number of aromatic nitrogens is 5. The third kappa shape index (κ3) is 4.84. The van der Waals surface area contributed by atoms with Gasteiger partial charge in [0.25, 0.3) is 5.91 Å². The minimum absolute atomic E-state index is 0.0124. The minimum atomic E-state index is -3.83. The number of likely N-dealkylation sites (tertiary alicyclic amines) is 1. The van der Waals surface area contributed by atoms with E-state index >= 15 is 0 Å². The van der Waals surface area contributed by atoms with E-state index in [1.807, 2.05) is 30.3 Å². The Morgan fingerprint density at radius 2 is 1.86 bits per heavy atom. The molecule has 1 saturated heterocycles. The first kappa shape index (κ1) is 22.9. The SMILES string of the molecule is Cc1noc(C2CCN(C(=O)c3nc(Cc4ccccc4)n(-c4ccc(S(N)(=O)=O)cc4)n3)C2)n1. The lowest BCUT2D eigenvalue weighted by Crippen LogP contribution is -2.29. The van der Waals surface area contributed by atoms with Crippen LogP contribution in [0.2, 0.25) is 0 Å². The summed E-state index contributed by atoms with van der Waals surface area (Å²) in [5.41, 5.74) is 1.56. The van der Waals surface area contributed by atoms with Gasteiger partial charge in [-0.1, -0.05) is 35.5 Å². The number of hydrogen-bond acceptors (Lipinski definition) is 8. The van der Waals surface area contributed by atoms with Gasteiger partial charge < -0.3 is 9.42 Å². The molecule has 0 aliphatic carbocycles. The van der Waals surface area contributed by atoms with Crippen LogP contribution in [0.5, 0.6) is 0 Å². The second kappa shape index (κ2) is 9.04. The number of carbonyl (C=O) groups excluding carboxylic acids is 1. The highest BCUT2D eigenvalue weighted by Crippen LogP contribution is 2.27. The number of benzene rings is 2. The van der Waals surface area contributed by atoms with E-state index in [1.165, 1.54) is 12.1 Å². The van der Waals surface area contributed by atoms with Crippen LogP contribution in [0.25, 0.3) is 5.69 Å². The zero-order valence-electron chi connectivity index (χ0n) is 18.9. The molecule has 1 unspecified atom stereocenters. The van der Waals surface area contributed by atoms with Crippen LogP contribution in [0.15, 0.2) is 64.0 Å². The van der Waals surface area contributed by atoms with Crippen molar-refractivity contribution < 1.29 is 17.7 Å². The lowest BCUT2D eigenvalue weighted by molar-refractivity contribution is 0.0777. The maximum Gasteiger partial charge on any atom is 0.293 e. The van der Waals surface area contributed by atoms with E-state index in [1.54, 1.807) is 28.6 Å². The Hall–Kier alpha value is -3.90. The van der Waals surface area contributed by atoms with Crippen LogP contribution in [0.1, 0.15) is 46.1 Å². The second-order valence-corrected chi connectivity index (χ2v) is 9.94. The molecule has 2 aromatic heterocycles. The quantitative estimate of drug-likeness (QED) is 0.427. The first-order valence-corrected chi connectivity index (χ1v) is 12.5. The molecule has 2 aromatic carbocycles. The number of hydrogen-bond donors (Lipinski definition) is 1. The first-order valence-electron chi connectivity index (χ1n) is 11.0. The van der Waals surface area contributed by atoms with Crippen molar-refractivity contribution >= 4 is 15.9 Å². The first-order chi connectivity index (χ1) is 16.8. The van der Waals surface area contributed by atoms with Crippen LogP contribution in [0.4, 0.5) is 0 Å². The summed E-state index contributed by atoms with van der Waals surface area (Å²) >= 11 is 0. The molecule has 11 nitrogen and oxygen atoms in total. The van der Waals surface area contributed by atoms with Gasteiger partial charge in [0.05, 0.1) is 16.5 Å². The van der Waals surface area contributed by atoms with Crippen molar-refractivity contribution in [3.8, 4) is 5.69 Å². The molecule has 1 atom stereocenters. The Bertz CT molecular complexity index is 1460.